The van der Waals surface area contributed by atoms with Crippen LogP contribution < -0.4 is 0 Å². The average molecular weight is 304 g/mol. The minimum absolute atomic E-state index is 1.12. The summed E-state index contributed by atoms with van der Waals surface area (Å²) in [6, 6.07) is 17.6. The van der Waals surface area contributed by atoms with E-state index in [2.05, 4.69) is 62.4 Å². The van der Waals surface area contributed by atoms with Gasteiger partial charge >= 0.3 is 0 Å². The van der Waals surface area contributed by atoms with Gasteiger partial charge in [-0.2, -0.15) is 0 Å². The fourth-order valence-corrected chi connectivity index (χ4v) is 4.72. The van der Waals surface area contributed by atoms with Crippen LogP contribution in [0.25, 0.3) is 5.57 Å². The molecule has 0 saturated heterocycles. The first-order chi connectivity index (χ1) is 10.7. The van der Waals surface area contributed by atoms with Gasteiger partial charge in [0.2, 0.25) is 0 Å². The van der Waals surface area contributed by atoms with Crippen molar-refractivity contribution < 1.29 is 0 Å². The molecule has 0 N–H and O–H groups in total. The summed E-state index contributed by atoms with van der Waals surface area (Å²) >= 11 is 1.97. The highest BCUT2D eigenvalue weighted by Crippen LogP contribution is 2.47. The summed E-state index contributed by atoms with van der Waals surface area (Å²) in [5.41, 5.74) is 9.09. The van der Waals surface area contributed by atoms with Crippen LogP contribution in [0.5, 0.6) is 0 Å². The molecule has 0 heterocycles. The summed E-state index contributed by atoms with van der Waals surface area (Å²) in [6.45, 7) is 4.53. The van der Waals surface area contributed by atoms with Crippen LogP contribution in [-0.2, 0) is 6.42 Å². The van der Waals surface area contributed by atoms with Crippen molar-refractivity contribution in [2.75, 3.05) is 0 Å². The summed E-state index contributed by atoms with van der Waals surface area (Å²) in [5, 5.41) is 0. The molecule has 0 saturated carbocycles. The Morgan fingerprint density at radius 2 is 1.59 bits per heavy atom. The summed E-state index contributed by atoms with van der Waals surface area (Å²) in [5.74, 6) is 0. The van der Waals surface area contributed by atoms with Crippen molar-refractivity contribution >= 4 is 17.3 Å². The molecule has 0 aliphatic heterocycles. The Morgan fingerprint density at radius 3 is 2.45 bits per heavy atom. The molecule has 2 aliphatic rings. The molecule has 4 rings (SSSR count). The number of benzene rings is 2. The lowest BCUT2D eigenvalue weighted by Crippen LogP contribution is -1.99. The van der Waals surface area contributed by atoms with E-state index in [1.807, 2.05) is 11.8 Å². The van der Waals surface area contributed by atoms with E-state index >= 15 is 0 Å². The minimum atomic E-state index is 1.12. The third-order valence-corrected chi connectivity index (χ3v) is 6.31. The maximum absolute atomic E-state index is 2.32. The van der Waals surface area contributed by atoms with E-state index in [4.69, 9.17) is 0 Å². The normalized spacial score (nSPS) is 16.8. The van der Waals surface area contributed by atoms with Crippen molar-refractivity contribution in [1.29, 1.82) is 0 Å². The summed E-state index contributed by atoms with van der Waals surface area (Å²) in [7, 11) is 0. The first-order valence-electron chi connectivity index (χ1n) is 7.98. The van der Waals surface area contributed by atoms with E-state index in [1.54, 1.807) is 16.1 Å². The third-order valence-electron chi connectivity index (χ3n) is 4.87. The molecule has 110 valence electrons. The highest BCUT2D eigenvalue weighted by molar-refractivity contribution is 8.03. The third kappa shape index (κ3) is 2.24. The molecule has 0 bridgehead atoms. The van der Waals surface area contributed by atoms with Crippen molar-refractivity contribution in [2.45, 2.75) is 38.0 Å². The lowest BCUT2D eigenvalue weighted by atomic mass is 9.92. The molecule has 22 heavy (non-hydrogen) atoms. The second-order valence-corrected chi connectivity index (χ2v) is 7.34. The molecule has 0 amide bonds. The first kappa shape index (κ1) is 13.9. The van der Waals surface area contributed by atoms with Crippen LogP contribution in [0.4, 0.5) is 0 Å². The number of hydrogen-bond acceptors (Lipinski definition) is 1. The van der Waals surface area contributed by atoms with Gasteiger partial charge in [0.15, 0.2) is 0 Å². The SMILES string of the molecule is CC1=C(Sc2ccccc2C)CCC2=C1Cc1ccccc12. The largest absolute Gasteiger partial charge is 0.0940 e. The van der Waals surface area contributed by atoms with Gasteiger partial charge in [-0.15, -0.1) is 0 Å². The van der Waals surface area contributed by atoms with Crippen LogP contribution in [0.3, 0.4) is 0 Å². The van der Waals surface area contributed by atoms with E-state index in [9.17, 15) is 0 Å². The quantitative estimate of drug-likeness (QED) is 0.640. The maximum Gasteiger partial charge on any atom is 0.0148 e. The monoisotopic (exact) mass is 304 g/mol. The predicted molar refractivity (Wildman–Crippen MR) is 96.0 cm³/mol. The highest BCUT2D eigenvalue weighted by atomic mass is 32.2. The smallest absolute Gasteiger partial charge is 0.0148 e. The zero-order chi connectivity index (χ0) is 15.1. The molecule has 0 unspecified atom stereocenters. The Bertz CT molecular complexity index is 808. The average Bonchev–Trinajstić information content (AvgIpc) is 2.92. The molecular weight excluding hydrogens is 284 g/mol. The molecule has 1 heteroatoms. The van der Waals surface area contributed by atoms with Crippen LogP contribution in [0, 0.1) is 6.92 Å². The second-order valence-electron chi connectivity index (χ2n) is 6.21. The topological polar surface area (TPSA) is 0 Å². The van der Waals surface area contributed by atoms with Crippen LogP contribution in [0.15, 0.2) is 69.5 Å². The van der Waals surface area contributed by atoms with Gasteiger partial charge in [-0.25, -0.2) is 0 Å². The van der Waals surface area contributed by atoms with Crippen LogP contribution in [0.1, 0.15) is 36.5 Å². The molecule has 0 nitrogen and oxygen atoms in total. The van der Waals surface area contributed by atoms with Crippen LogP contribution >= 0.6 is 11.8 Å². The Labute approximate surface area is 137 Å². The predicted octanol–water partition coefficient (Wildman–Crippen LogP) is 6.16. The standard InChI is InChI=1S/C21H20S/c1-14-7-3-6-10-20(14)22-21-12-11-18-17-9-5-4-8-16(17)13-19(18)15(21)2/h3-10H,11-13H2,1-2H3. The van der Waals surface area contributed by atoms with Gasteiger partial charge in [-0.3, -0.25) is 0 Å². The summed E-state index contributed by atoms with van der Waals surface area (Å²) in [4.78, 5) is 2.96. The van der Waals surface area contributed by atoms with Gasteiger partial charge in [0.05, 0.1) is 0 Å². The van der Waals surface area contributed by atoms with E-state index in [0.717, 1.165) is 6.42 Å². The van der Waals surface area contributed by atoms with Gasteiger partial charge in [-0.05, 0) is 77.5 Å². The molecule has 0 atom stereocenters. The van der Waals surface area contributed by atoms with E-state index in [0.29, 0.717) is 0 Å². The summed E-state index contributed by atoms with van der Waals surface area (Å²) < 4.78 is 0. The van der Waals surface area contributed by atoms with Crippen LogP contribution in [-0.4, -0.2) is 0 Å². The molecule has 0 radical (unpaired) electrons. The van der Waals surface area contributed by atoms with Crippen molar-refractivity contribution in [2.24, 2.45) is 0 Å². The lowest BCUT2D eigenvalue weighted by molar-refractivity contribution is 0.993. The fraction of sp³-hybridized carbons (Fsp3) is 0.238. The van der Waals surface area contributed by atoms with Gasteiger partial charge in [0.25, 0.3) is 0 Å². The van der Waals surface area contributed by atoms with Crippen LogP contribution in [0.2, 0.25) is 0 Å². The Hall–Kier alpha value is -1.73. The van der Waals surface area contributed by atoms with Gasteiger partial charge in [0, 0.05) is 4.90 Å². The zero-order valence-corrected chi connectivity index (χ0v) is 14.0. The molecule has 2 aliphatic carbocycles. The second kappa shape index (κ2) is 5.48. The van der Waals surface area contributed by atoms with Gasteiger partial charge in [0.1, 0.15) is 0 Å². The summed E-state index contributed by atoms with van der Waals surface area (Å²) in [6.07, 6.45) is 3.49. The molecule has 2 aromatic carbocycles. The van der Waals surface area contributed by atoms with Gasteiger partial charge < -0.3 is 0 Å². The van der Waals surface area contributed by atoms with E-state index in [-0.39, 0.29) is 0 Å². The lowest BCUT2D eigenvalue weighted by Gasteiger charge is -2.21. The van der Waals surface area contributed by atoms with Gasteiger partial charge in [-0.1, -0.05) is 54.2 Å². The van der Waals surface area contributed by atoms with Crippen molar-refractivity contribution in [1.82, 2.24) is 0 Å². The molecule has 2 aromatic rings. The molecular formula is C21H20S. The number of aryl methyl sites for hydroxylation is 1. The molecule has 0 fully saturated rings. The Morgan fingerprint density at radius 1 is 0.818 bits per heavy atom. The van der Waals surface area contributed by atoms with Crippen molar-refractivity contribution in [3.05, 3.63) is 81.3 Å². The maximum atomic E-state index is 2.32. The first-order valence-corrected chi connectivity index (χ1v) is 8.79. The zero-order valence-electron chi connectivity index (χ0n) is 13.1. The van der Waals surface area contributed by atoms with Crippen molar-refractivity contribution in [3.63, 3.8) is 0 Å². The Balaban J connectivity index is 1.70. The fourth-order valence-electron chi connectivity index (χ4n) is 3.60. The molecule has 0 aromatic heterocycles. The Kier molecular flexibility index (Phi) is 3.46. The molecule has 0 spiro atoms. The number of hydrogen-bond donors (Lipinski definition) is 0. The minimum Gasteiger partial charge on any atom is -0.0940 e. The number of rotatable bonds is 2. The highest BCUT2D eigenvalue weighted by Gasteiger charge is 2.27. The van der Waals surface area contributed by atoms with Crippen molar-refractivity contribution in [3.8, 4) is 0 Å². The number of thioether (sulfide) groups is 1. The van der Waals surface area contributed by atoms with E-state index in [1.165, 1.54) is 40.0 Å². The van der Waals surface area contributed by atoms with E-state index < -0.39 is 0 Å². The number of allylic oxidation sites excluding steroid dienone is 4. The number of fused-ring (bicyclic) bond motifs is 2.